The van der Waals surface area contributed by atoms with Gasteiger partial charge in [-0.1, -0.05) is 6.42 Å². The van der Waals surface area contributed by atoms with E-state index in [-0.39, 0.29) is 11.7 Å². The van der Waals surface area contributed by atoms with Crippen molar-refractivity contribution in [2.24, 2.45) is 0 Å². The summed E-state index contributed by atoms with van der Waals surface area (Å²) in [7, 11) is 0. The number of likely N-dealkylation sites (tertiary alicyclic amines) is 1. The second-order valence-corrected chi connectivity index (χ2v) is 7.02. The number of nitrogens with one attached hydrogen (secondary N) is 2. The predicted octanol–water partition coefficient (Wildman–Crippen LogP) is 2.87. The fourth-order valence-electron chi connectivity index (χ4n) is 3.77. The van der Waals surface area contributed by atoms with Crippen LogP contribution in [0.1, 0.15) is 31.2 Å². The lowest BCUT2D eigenvalue weighted by molar-refractivity contribution is -0.110. The summed E-state index contributed by atoms with van der Waals surface area (Å²) in [4.78, 5) is 14.8. The second-order valence-electron chi connectivity index (χ2n) is 7.02. The summed E-state index contributed by atoms with van der Waals surface area (Å²) in [5.74, 6) is -0.0659. The molecule has 1 fully saturated rings. The van der Waals surface area contributed by atoms with Gasteiger partial charge in [0, 0.05) is 18.2 Å². The normalized spacial score (nSPS) is 22.7. The Kier molecular flexibility index (Phi) is 4.93. The van der Waals surface area contributed by atoms with Crippen molar-refractivity contribution in [1.29, 1.82) is 0 Å². The number of carbonyl (C=O) groups excluding carboxylic acids is 1. The van der Waals surface area contributed by atoms with Gasteiger partial charge < -0.3 is 20.3 Å². The molecule has 0 spiro atoms. The Morgan fingerprint density at radius 3 is 2.92 bits per heavy atom. The van der Waals surface area contributed by atoms with Gasteiger partial charge in [-0.3, -0.25) is 4.79 Å². The molecule has 0 unspecified atom stereocenters. The third-order valence-corrected chi connectivity index (χ3v) is 5.11. The van der Waals surface area contributed by atoms with E-state index in [4.69, 9.17) is 4.74 Å². The van der Waals surface area contributed by atoms with Gasteiger partial charge in [0.1, 0.15) is 18.2 Å². The SMILES string of the molecule is O=C1Nc2cc(F)ccc2/C1=C1/C=C(NCCCN2CCCCC2)CO1. The van der Waals surface area contributed by atoms with Crippen LogP contribution in [0.4, 0.5) is 10.1 Å². The molecule has 1 amide bonds. The van der Waals surface area contributed by atoms with Crippen LogP contribution in [-0.2, 0) is 9.53 Å². The largest absolute Gasteiger partial charge is 0.486 e. The van der Waals surface area contributed by atoms with Crippen molar-refractivity contribution >= 4 is 17.2 Å². The maximum atomic E-state index is 13.3. The lowest BCUT2D eigenvalue weighted by atomic mass is 10.1. The lowest BCUT2D eigenvalue weighted by Crippen LogP contribution is -2.32. The molecule has 0 atom stereocenters. The molecule has 3 aliphatic heterocycles. The molecule has 138 valence electrons. The number of piperidine rings is 1. The van der Waals surface area contributed by atoms with E-state index >= 15 is 0 Å². The van der Waals surface area contributed by atoms with Crippen LogP contribution in [0.15, 0.2) is 35.7 Å². The smallest absolute Gasteiger partial charge is 0.260 e. The van der Waals surface area contributed by atoms with Crippen molar-refractivity contribution in [3.8, 4) is 0 Å². The number of rotatable bonds is 5. The number of amides is 1. The van der Waals surface area contributed by atoms with Gasteiger partial charge in [-0.2, -0.15) is 0 Å². The molecule has 0 aromatic heterocycles. The first kappa shape index (κ1) is 17.1. The van der Waals surface area contributed by atoms with E-state index in [1.165, 1.54) is 44.5 Å². The minimum absolute atomic E-state index is 0.247. The highest BCUT2D eigenvalue weighted by Crippen LogP contribution is 2.36. The Hall–Kier alpha value is -2.34. The van der Waals surface area contributed by atoms with Crippen molar-refractivity contribution in [3.05, 3.63) is 47.1 Å². The predicted molar refractivity (Wildman–Crippen MR) is 98.9 cm³/mol. The zero-order valence-electron chi connectivity index (χ0n) is 14.8. The summed E-state index contributed by atoms with van der Waals surface area (Å²) in [6, 6.07) is 4.31. The third kappa shape index (κ3) is 3.60. The molecule has 4 rings (SSSR count). The van der Waals surface area contributed by atoms with Gasteiger partial charge in [0.2, 0.25) is 0 Å². The van der Waals surface area contributed by atoms with Gasteiger partial charge in [-0.05, 0) is 57.1 Å². The summed E-state index contributed by atoms with van der Waals surface area (Å²) in [5.41, 5.74) is 2.64. The van der Waals surface area contributed by atoms with Crippen LogP contribution >= 0.6 is 0 Å². The third-order valence-electron chi connectivity index (χ3n) is 5.11. The molecule has 0 bridgehead atoms. The summed E-state index contributed by atoms with van der Waals surface area (Å²) in [6.45, 7) is 4.89. The molecule has 5 nitrogen and oxygen atoms in total. The maximum absolute atomic E-state index is 13.3. The molecular weight excluding hydrogens is 333 g/mol. The summed E-state index contributed by atoms with van der Waals surface area (Å²) < 4.78 is 19.1. The van der Waals surface area contributed by atoms with Gasteiger partial charge in [0.15, 0.2) is 0 Å². The summed E-state index contributed by atoms with van der Waals surface area (Å²) >= 11 is 0. The molecular formula is C20H24FN3O2. The van der Waals surface area contributed by atoms with Crippen LogP contribution in [-0.4, -0.2) is 43.6 Å². The highest BCUT2D eigenvalue weighted by molar-refractivity contribution is 6.32. The Balaban J connectivity index is 1.37. The van der Waals surface area contributed by atoms with Crippen LogP contribution in [0.5, 0.6) is 0 Å². The molecule has 0 aliphatic carbocycles. The molecule has 1 aromatic carbocycles. The number of halogens is 1. The highest BCUT2D eigenvalue weighted by atomic mass is 19.1. The van der Waals surface area contributed by atoms with Gasteiger partial charge in [0.05, 0.1) is 17.0 Å². The minimum atomic E-state index is -0.366. The number of carbonyl (C=O) groups is 1. The van der Waals surface area contributed by atoms with E-state index < -0.39 is 0 Å². The molecule has 26 heavy (non-hydrogen) atoms. The number of fused-ring (bicyclic) bond motifs is 1. The van der Waals surface area contributed by atoms with E-state index in [1.807, 2.05) is 6.08 Å². The van der Waals surface area contributed by atoms with Crippen LogP contribution in [0.2, 0.25) is 0 Å². The monoisotopic (exact) mass is 357 g/mol. The fourth-order valence-corrected chi connectivity index (χ4v) is 3.77. The van der Waals surface area contributed by atoms with E-state index in [2.05, 4.69) is 15.5 Å². The number of ether oxygens (including phenoxy) is 1. The molecule has 0 radical (unpaired) electrons. The second kappa shape index (κ2) is 7.50. The standard InChI is InChI=1S/C20H24FN3O2/c21-14-5-6-16-17(11-14)23-20(25)19(16)18-12-15(13-26-18)22-7-4-10-24-8-2-1-3-9-24/h5-6,11-12,22H,1-4,7-10,13H2,(H,23,25)/b19-18+. The van der Waals surface area contributed by atoms with Crippen molar-refractivity contribution in [2.75, 3.05) is 38.1 Å². The van der Waals surface area contributed by atoms with E-state index in [9.17, 15) is 9.18 Å². The zero-order valence-corrected chi connectivity index (χ0v) is 14.8. The lowest BCUT2D eigenvalue weighted by Gasteiger charge is -2.26. The molecule has 0 saturated carbocycles. The Morgan fingerprint density at radius 2 is 2.08 bits per heavy atom. The Morgan fingerprint density at radius 1 is 1.23 bits per heavy atom. The van der Waals surface area contributed by atoms with E-state index in [1.54, 1.807) is 6.07 Å². The van der Waals surface area contributed by atoms with Gasteiger partial charge in [0.25, 0.3) is 5.91 Å². The number of hydrogen-bond acceptors (Lipinski definition) is 4. The molecule has 1 aromatic rings. The zero-order chi connectivity index (χ0) is 17.9. The quantitative estimate of drug-likeness (QED) is 0.629. The molecule has 6 heteroatoms. The number of anilines is 1. The topological polar surface area (TPSA) is 53.6 Å². The minimum Gasteiger partial charge on any atom is -0.486 e. The maximum Gasteiger partial charge on any atom is 0.260 e. The fraction of sp³-hybridized carbons (Fsp3) is 0.450. The molecule has 3 aliphatic rings. The number of hydrogen-bond donors (Lipinski definition) is 2. The summed E-state index contributed by atoms with van der Waals surface area (Å²) in [5, 5.41) is 6.10. The van der Waals surface area contributed by atoms with Crippen LogP contribution in [0, 0.1) is 5.82 Å². The van der Waals surface area contributed by atoms with E-state index in [0.717, 1.165) is 25.2 Å². The average molecular weight is 357 g/mol. The Labute approximate surface area is 152 Å². The molecule has 3 heterocycles. The van der Waals surface area contributed by atoms with Crippen LogP contribution < -0.4 is 10.6 Å². The van der Waals surface area contributed by atoms with Crippen molar-refractivity contribution < 1.29 is 13.9 Å². The van der Waals surface area contributed by atoms with Crippen molar-refractivity contribution in [1.82, 2.24) is 10.2 Å². The number of nitrogens with zero attached hydrogens (tertiary/aromatic N) is 1. The number of benzene rings is 1. The van der Waals surface area contributed by atoms with Crippen molar-refractivity contribution in [2.45, 2.75) is 25.7 Å². The first-order valence-electron chi connectivity index (χ1n) is 9.36. The molecule has 1 saturated heterocycles. The van der Waals surface area contributed by atoms with Gasteiger partial charge >= 0.3 is 0 Å². The van der Waals surface area contributed by atoms with Gasteiger partial charge in [-0.15, -0.1) is 0 Å². The summed E-state index contributed by atoms with van der Waals surface area (Å²) in [6.07, 6.45) is 6.97. The van der Waals surface area contributed by atoms with Gasteiger partial charge in [-0.25, -0.2) is 4.39 Å². The Bertz CT molecular complexity index is 766. The average Bonchev–Trinajstić information content (AvgIpc) is 3.22. The van der Waals surface area contributed by atoms with Crippen LogP contribution in [0.3, 0.4) is 0 Å². The first-order valence-corrected chi connectivity index (χ1v) is 9.36. The number of allylic oxidation sites excluding steroid dienone is 1. The first-order chi connectivity index (χ1) is 12.7. The van der Waals surface area contributed by atoms with Crippen LogP contribution in [0.25, 0.3) is 5.57 Å². The molecule has 2 N–H and O–H groups in total. The van der Waals surface area contributed by atoms with Crippen molar-refractivity contribution in [3.63, 3.8) is 0 Å². The highest BCUT2D eigenvalue weighted by Gasteiger charge is 2.30. The van der Waals surface area contributed by atoms with E-state index in [0.29, 0.717) is 29.2 Å².